The van der Waals surface area contributed by atoms with E-state index in [1.165, 1.54) is 18.5 Å². The van der Waals surface area contributed by atoms with Crippen LogP contribution in [0.15, 0.2) is 48.8 Å². The molecule has 1 aromatic heterocycles. The Hall–Kier alpha value is -2.69. The summed E-state index contributed by atoms with van der Waals surface area (Å²) in [7, 11) is 0. The van der Waals surface area contributed by atoms with Crippen molar-refractivity contribution in [1.29, 1.82) is 0 Å². The van der Waals surface area contributed by atoms with E-state index in [4.69, 9.17) is 4.74 Å². The molecule has 0 aliphatic carbocycles. The Bertz CT molecular complexity index is 910. The first-order valence-corrected chi connectivity index (χ1v) is 7.97. The highest BCUT2D eigenvalue weighted by Crippen LogP contribution is 2.41. The molecule has 0 amide bonds. The number of hydrogen-bond acceptors (Lipinski definition) is 4. The number of anilines is 1. The molecule has 1 aliphatic heterocycles. The lowest BCUT2D eigenvalue weighted by atomic mass is 9.89. The third kappa shape index (κ3) is 2.66. The molecule has 0 saturated carbocycles. The smallest absolute Gasteiger partial charge is 0.137 e. The van der Waals surface area contributed by atoms with Crippen molar-refractivity contribution in [2.75, 3.05) is 5.32 Å². The van der Waals surface area contributed by atoms with Gasteiger partial charge in [-0.25, -0.2) is 14.4 Å². The molecule has 4 rings (SSSR count). The Balaban J connectivity index is 1.77. The second kappa shape index (κ2) is 5.44. The zero-order chi connectivity index (χ0) is 16.7. The van der Waals surface area contributed by atoms with Gasteiger partial charge in [-0.3, -0.25) is 0 Å². The minimum atomic E-state index is -0.298. The van der Waals surface area contributed by atoms with Gasteiger partial charge in [0.2, 0.25) is 0 Å². The van der Waals surface area contributed by atoms with Crippen molar-refractivity contribution < 1.29 is 9.13 Å². The van der Waals surface area contributed by atoms with Gasteiger partial charge in [0.25, 0.3) is 0 Å². The molecule has 1 aliphatic rings. The lowest BCUT2D eigenvalue weighted by Gasteiger charge is -2.38. The van der Waals surface area contributed by atoms with E-state index in [0.29, 0.717) is 16.7 Å². The fourth-order valence-electron chi connectivity index (χ4n) is 3.24. The van der Waals surface area contributed by atoms with Crippen LogP contribution in [-0.2, 0) is 0 Å². The third-order valence-corrected chi connectivity index (χ3v) is 4.28. The average molecular weight is 323 g/mol. The van der Waals surface area contributed by atoms with E-state index in [-0.39, 0.29) is 17.5 Å². The quantitative estimate of drug-likeness (QED) is 0.755. The maximum Gasteiger partial charge on any atom is 0.137 e. The van der Waals surface area contributed by atoms with E-state index in [1.807, 2.05) is 24.3 Å². The highest BCUT2D eigenvalue weighted by atomic mass is 19.1. The van der Waals surface area contributed by atoms with Crippen LogP contribution < -0.4 is 10.1 Å². The molecule has 24 heavy (non-hydrogen) atoms. The summed E-state index contributed by atoms with van der Waals surface area (Å²) < 4.78 is 19.7. The Morgan fingerprint density at radius 1 is 1.17 bits per heavy atom. The van der Waals surface area contributed by atoms with Crippen molar-refractivity contribution in [2.45, 2.75) is 31.9 Å². The molecule has 2 aromatic carbocycles. The van der Waals surface area contributed by atoms with E-state index in [2.05, 4.69) is 29.1 Å². The first-order chi connectivity index (χ1) is 11.5. The van der Waals surface area contributed by atoms with Gasteiger partial charge in [-0.05, 0) is 38.1 Å². The lowest BCUT2D eigenvalue weighted by molar-refractivity contribution is 0.0759. The molecule has 0 fully saturated rings. The Morgan fingerprint density at radius 3 is 2.88 bits per heavy atom. The van der Waals surface area contributed by atoms with E-state index in [0.717, 1.165) is 17.7 Å². The highest BCUT2D eigenvalue weighted by Gasteiger charge is 2.33. The number of fused-ring (bicyclic) bond motifs is 2. The van der Waals surface area contributed by atoms with E-state index >= 15 is 0 Å². The number of aromatic nitrogens is 2. The largest absolute Gasteiger partial charge is 0.487 e. The monoisotopic (exact) mass is 323 g/mol. The number of halogens is 1. The normalized spacial score (nSPS) is 18.7. The molecular weight excluding hydrogens is 305 g/mol. The van der Waals surface area contributed by atoms with Gasteiger partial charge in [0.15, 0.2) is 0 Å². The van der Waals surface area contributed by atoms with Crippen LogP contribution in [0, 0.1) is 5.82 Å². The van der Waals surface area contributed by atoms with Crippen LogP contribution in [0.4, 0.5) is 10.2 Å². The van der Waals surface area contributed by atoms with Gasteiger partial charge in [-0.2, -0.15) is 0 Å². The van der Waals surface area contributed by atoms with Crippen LogP contribution in [0.3, 0.4) is 0 Å². The van der Waals surface area contributed by atoms with E-state index < -0.39 is 0 Å². The number of benzene rings is 2. The second-order valence-electron chi connectivity index (χ2n) is 6.68. The predicted octanol–water partition coefficient (Wildman–Crippen LogP) is 4.48. The minimum absolute atomic E-state index is 0.0336. The van der Waals surface area contributed by atoms with Crippen molar-refractivity contribution in [1.82, 2.24) is 9.97 Å². The number of para-hydroxylation sites is 1. The highest BCUT2D eigenvalue weighted by molar-refractivity contribution is 5.89. The first kappa shape index (κ1) is 14.9. The summed E-state index contributed by atoms with van der Waals surface area (Å²) in [6.45, 7) is 4.13. The van der Waals surface area contributed by atoms with E-state index in [9.17, 15) is 4.39 Å². The van der Waals surface area contributed by atoms with Crippen LogP contribution in [0.2, 0.25) is 0 Å². The second-order valence-corrected chi connectivity index (χ2v) is 6.68. The van der Waals surface area contributed by atoms with E-state index in [1.54, 1.807) is 6.07 Å². The number of nitrogens with zero attached hydrogens (tertiary/aromatic N) is 2. The molecular formula is C19H18FN3O. The van der Waals surface area contributed by atoms with Crippen molar-refractivity contribution >= 4 is 16.7 Å². The molecule has 3 aromatic rings. The number of hydrogen-bond donors (Lipinski definition) is 1. The molecule has 1 atom stereocenters. The van der Waals surface area contributed by atoms with Crippen molar-refractivity contribution in [3.05, 3.63) is 60.2 Å². The van der Waals surface area contributed by atoms with Crippen LogP contribution in [-0.4, -0.2) is 15.6 Å². The van der Waals surface area contributed by atoms with Crippen LogP contribution in [0.5, 0.6) is 5.75 Å². The van der Waals surface area contributed by atoms with Gasteiger partial charge >= 0.3 is 0 Å². The lowest BCUT2D eigenvalue weighted by Crippen LogP contribution is -2.37. The Labute approximate surface area is 139 Å². The topological polar surface area (TPSA) is 47.0 Å². The predicted molar refractivity (Wildman–Crippen MR) is 91.6 cm³/mol. The molecule has 0 radical (unpaired) electrons. The molecule has 0 spiro atoms. The fraction of sp³-hybridized carbons (Fsp3) is 0.263. The van der Waals surface area contributed by atoms with Crippen LogP contribution in [0.1, 0.15) is 31.9 Å². The maximum atomic E-state index is 13.7. The number of rotatable bonds is 2. The molecule has 1 N–H and O–H groups in total. The summed E-state index contributed by atoms with van der Waals surface area (Å²) in [4.78, 5) is 8.54. The Morgan fingerprint density at radius 2 is 2.00 bits per heavy atom. The number of ether oxygens (including phenoxy) is 1. The molecule has 0 saturated heterocycles. The van der Waals surface area contributed by atoms with Gasteiger partial charge in [-0.15, -0.1) is 0 Å². The van der Waals surface area contributed by atoms with Gasteiger partial charge < -0.3 is 10.1 Å². The van der Waals surface area contributed by atoms with Gasteiger partial charge in [0.05, 0.1) is 11.6 Å². The van der Waals surface area contributed by atoms with Crippen molar-refractivity contribution in [2.24, 2.45) is 0 Å². The zero-order valence-corrected chi connectivity index (χ0v) is 13.6. The fourth-order valence-corrected chi connectivity index (χ4v) is 3.24. The third-order valence-electron chi connectivity index (χ3n) is 4.28. The van der Waals surface area contributed by atoms with Gasteiger partial charge in [0, 0.05) is 17.4 Å². The van der Waals surface area contributed by atoms with Crippen LogP contribution in [0.25, 0.3) is 10.9 Å². The standard InChI is InChI=1S/C19H18FN3O/c1-19(2)10-16(13-5-3-4-6-17(13)24-19)23-18-14-9-12(20)7-8-15(14)21-11-22-18/h3-9,11,16H,10H2,1-2H3,(H,21,22,23). The van der Waals surface area contributed by atoms with Crippen molar-refractivity contribution in [3.63, 3.8) is 0 Å². The summed E-state index contributed by atoms with van der Waals surface area (Å²) in [5.41, 5.74) is 1.51. The molecule has 2 heterocycles. The SMILES string of the molecule is CC1(C)CC(Nc2ncnc3ccc(F)cc23)c2ccccc2O1. The molecule has 1 unspecified atom stereocenters. The summed E-state index contributed by atoms with van der Waals surface area (Å²) in [6.07, 6.45) is 2.28. The average Bonchev–Trinajstić information content (AvgIpc) is 2.54. The number of nitrogens with one attached hydrogen (secondary N) is 1. The summed E-state index contributed by atoms with van der Waals surface area (Å²) in [5.74, 6) is 1.21. The van der Waals surface area contributed by atoms with Crippen molar-refractivity contribution in [3.8, 4) is 5.75 Å². The van der Waals surface area contributed by atoms with Gasteiger partial charge in [0.1, 0.15) is 29.3 Å². The Kier molecular flexibility index (Phi) is 3.37. The summed E-state index contributed by atoms with van der Waals surface area (Å²) in [6, 6.07) is 12.6. The molecule has 4 nitrogen and oxygen atoms in total. The maximum absolute atomic E-state index is 13.7. The summed E-state index contributed by atoms with van der Waals surface area (Å²) >= 11 is 0. The zero-order valence-electron chi connectivity index (χ0n) is 13.6. The molecule has 5 heteroatoms. The van der Waals surface area contributed by atoms with Gasteiger partial charge in [-0.1, -0.05) is 18.2 Å². The molecule has 122 valence electrons. The molecule has 0 bridgehead atoms. The summed E-state index contributed by atoms with van der Waals surface area (Å²) in [5, 5.41) is 4.15. The van der Waals surface area contributed by atoms with Crippen LogP contribution >= 0.6 is 0 Å². The minimum Gasteiger partial charge on any atom is -0.487 e. The first-order valence-electron chi connectivity index (χ1n) is 7.97.